The van der Waals surface area contributed by atoms with Gasteiger partial charge in [0.05, 0.1) is 12.7 Å². The molecule has 4 aliphatic carbocycles. The Kier molecular flexibility index (Phi) is 4.82. The molecule has 32 heavy (non-hydrogen) atoms. The highest BCUT2D eigenvalue weighted by molar-refractivity contribution is 6.32. The Balaban J connectivity index is 1.18. The van der Waals surface area contributed by atoms with Gasteiger partial charge in [-0.3, -0.25) is 0 Å². The van der Waals surface area contributed by atoms with Gasteiger partial charge in [0.25, 0.3) is 0 Å². The molecule has 0 radical (unpaired) electrons. The van der Waals surface area contributed by atoms with E-state index in [0.29, 0.717) is 29.0 Å². The van der Waals surface area contributed by atoms with E-state index in [1.165, 1.54) is 32.1 Å². The van der Waals surface area contributed by atoms with Crippen LogP contribution in [0.3, 0.4) is 0 Å². The van der Waals surface area contributed by atoms with Crippen molar-refractivity contribution in [3.63, 3.8) is 0 Å². The Morgan fingerprint density at radius 2 is 2.03 bits per heavy atom. The molecular weight excluding hydrogens is 422 g/mol. The van der Waals surface area contributed by atoms with Crippen LogP contribution in [0.25, 0.3) is 0 Å². The summed E-state index contributed by atoms with van der Waals surface area (Å²) in [5, 5.41) is 11.8. The molecule has 2 aromatic heterocycles. The van der Waals surface area contributed by atoms with Crippen LogP contribution in [0.15, 0.2) is 43.1 Å². The molecule has 7 rings (SSSR count). The molecule has 0 spiro atoms. The van der Waals surface area contributed by atoms with E-state index in [1.54, 1.807) is 23.5 Å². The molecule has 8 heteroatoms. The van der Waals surface area contributed by atoms with Crippen LogP contribution in [0.1, 0.15) is 44.6 Å². The number of anilines is 3. The Bertz CT molecular complexity index is 1100. The number of benzene rings is 1. The molecule has 2 N–H and O–H groups in total. The van der Waals surface area contributed by atoms with E-state index in [2.05, 4.69) is 44.8 Å². The summed E-state index contributed by atoms with van der Waals surface area (Å²) >= 11 is 6.51. The fourth-order valence-corrected chi connectivity index (χ4v) is 6.88. The minimum atomic E-state index is 0.464. The van der Waals surface area contributed by atoms with Gasteiger partial charge in [0, 0.05) is 11.7 Å². The Hall–Kier alpha value is -2.67. The zero-order chi connectivity index (χ0) is 21.7. The molecule has 4 bridgehead atoms. The van der Waals surface area contributed by atoms with E-state index in [9.17, 15) is 0 Å². The molecule has 0 saturated heterocycles. The van der Waals surface area contributed by atoms with Crippen LogP contribution in [-0.2, 0) is 6.54 Å². The summed E-state index contributed by atoms with van der Waals surface area (Å²) in [6, 6.07) is 8.62. The summed E-state index contributed by atoms with van der Waals surface area (Å²) in [6.45, 7) is 3.15. The minimum absolute atomic E-state index is 0.464. The molecule has 4 fully saturated rings. The van der Waals surface area contributed by atoms with E-state index < -0.39 is 0 Å². The molecular formula is C24H28ClN7. The molecule has 3 aromatic rings. The first-order chi connectivity index (χ1) is 15.5. The van der Waals surface area contributed by atoms with Crippen molar-refractivity contribution in [2.24, 2.45) is 23.2 Å². The minimum Gasteiger partial charge on any atom is -0.365 e. The predicted octanol–water partition coefficient (Wildman–Crippen LogP) is 5.14. The second kappa shape index (κ2) is 7.73. The van der Waals surface area contributed by atoms with Gasteiger partial charge in [-0.25, -0.2) is 14.6 Å². The van der Waals surface area contributed by atoms with Gasteiger partial charge in [0.1, 0.15) is 17.7 Å². The van der Waals surface area contributed by atoms with Crippen LogP contribution >= 0.6 is 11.6 Å². The van der Waals surface area contributed by atoms with Crippen LogP contribution in [0.2, 0.25) is 5.02 Å². The molecule has 4 saturated carbocycles. The first kappa shape index (κ1) is 20.0. The van der Waals surface area contributed by atoms with E-state index in [-0.39, 0.29) is 0 Å². The topological polar surface area (TPSA) is 80.5 Å². The summed E-state index contributed by atoms with van der Waals surface area (Å²) in [4.78, 5) is 13.2. The van der Waals surface area contributed by atoms with Crippen molar-refractivity contribution in [2.45, 2.75) is 51.6 Å². The molecule has 4 aliphatic rings. The van der Waals surface area contributed by atoms with E-state index in [1.807, 2.05) is 12.1 Å². The second-order valence-electron chi connectivity index (χ2n) is 10.3. The van der Waals surface area contributed by atoms with Gasteiger partial charge in [-0.2, -0.15) is 10.1 Å². The maximum Gasteiger partial charge on any atom is 0.229 e. The van der Waals surface area contributed by atoms with E-state index in [0.717, 1.165) is 34.8 Å². The lowest BCUT2D eigenvalue weighted by molar-refractivity contribution is -0.0505. The van der Waals surface area contributed by atoms with Gasteiger partial charge in [-0.1, -0.05) is 30.7 Å². The van der Waals surface area contributed by atoms with Crippen molar-refractivity contribution < 1.29 is 0 Å². The predicted molar refractivity (Wildman–Crippen MR) is 125 cm³/mol. The highest BCUT2D eigenvalue weighted by Gasteiger charge is 2.53. The molecule has 0 amide bonds. The van der Waals surface area contributed by atoms with Crippen LogP contribution in [0, 0.1) is 23.2 Å². The van der Waals surface area contributed by atoms with Crippen molar-refractivity contribution >= 4 is 29.1 Å². The fourth-order valence-electron chi connectivity index (χ4n) is 6.73. The zero-order valence-electron chi connectivity index (χ0n) is 18.2. The maximum atomic E-state index is 6.51. The van der Waals surface area contributed by atoms with Crippen LogP contribution in [-0.4, -0.2) is 30.8 Å². The second-order valence-corrected chi connectivity index (χ2v) is 10.7. The third-order valence-corrected chi connectivity index (χ3v) is 7.90. The lowest BCUT2D eigenvalue weighted by Crippen LogP contribution is -2.55. The highest BCUT2D eigenvalue weighted by atomic mass is 35.5. The molecule has 1 aromatic carbocycles. The van der Waals surface area contributed by atoms with Crippen LogP contribution in [0.5, 0.6) is 0 Å². The highest BCUT2D eigenvalue weighted by Crippen LogP contribution is 2.60. The van der Waals surface area contributed by atoms with E-state index >= 15 is 0 Å². The number of nitrogens with one attached hydrogen (secondary N) is 2. The normalized spacial score (nSPS) is 30.4. The van der Waals surface area contributed by atoms with Gasteiger partial charge in [-0.15, -0.1) is 0 Å². The number of aromatic nitrogens is 5. The van der Waals surface area contributed by atoms with Gasteiger partial charge in [-0.05, 0) is 73.0 Å². The smallest absolute Gasteiger partial charge is 0.229 e. The maximum absolute atomic E-state index is 6.51. The van der Waals surface area contributed by atoms with E-state index in [4.69, 9.17) is 16.6 Å². The zero-order valence-corrected chi connectivity index (χ0v) is 19.0. The number of halogens is 1. The first-order valence-corrected chi connectivity index (χ1v) is 11.9. The monoisotopic (exact) mass is 449 g/mol. The molecule has 7 nitrogen and oxygen atoms in total. The lowest BCUT2D eigenvalue weighted by atomic mass is 9.48. The average molecular weight is 450 g/mol. The summed E-state index contributed by atoms with van der Waals surface area (Å²) < 4.78 is 1.80. The van der Waals surface area contributed by atoms with Crippen molar-refractivity contribution in [3.8, 4) is 0 Å². The first-order valence-electron chi connectivity index (χ1n) is 11.5. The van der Waals surface area contributed by atoms with Crippen molar-refractivity contribution in [3.05, 3.63) is 53.7 Å². The molecule has 0 aliphatic heterocycles. The van der Waals surface area contributed by atoms with Crippen molar-refractivity contribution in [1.29, 1.82) is 0 Å². The number of nitrogens with zero attached hydrogens (tertiary/aromatic N) is 5. The van der Waals surface area contributed by atoms with Gasteiger partial charge in [0.15, 0.2) is 5.82 Å². The summed E-state index contributed by atoms with van der Waals surface area (Å²) in [5.41, 5.74) is 2.60. The molecule has 166 valence electrons. The average Bonchev–Trinajstić information content (AvgIpc) is 3.25. The standard InChI is InChI=1S/C24H28ClN7/c1-24-8-16-5-17(9-24)21(18(6-16)10-24)30-22-20(25)11-27-23(31-22)29-19-4-2-3-15(7-19)12-32-14-26-13-28-32/h2-4,7,11,13-14,16-18,21H,5-6,8-10,12H2,1H3,(H2,27,29,30,31)/t16?,17?,18?,21-,24-. The lowest BCUT2D eigenvalue weighted by Gasteiger charge is -2.59. The SMILES string of the molecule is C[C@]12CC3CC(C1)[C@H](Nc1nc(Nc4cccc(Cn5cncn5)c4)ncc1Cl)C(C3)C2. The number of hydrogen-bond acceptors (Lipinski definition) is 6. The Morgan fingerprint density at radius 3 is 2.78 bits per heavy atom. The van der Waals surface area contributed by atoms with Gasteiger partial charge < -0.3 is 10.6 Å². The summed E-state index contributed by atoms with van der Waals surface area (Å²) in [7, 11) is 0. The molecule has 2 unspecified atom stereocenters. The van der Waals surface area contributed by atoms with Crippen LogP contribution < -0.4 is 10.6 Å². The Morgan fingerprint density at radius 1 is 1.19 bits per heavy atom. The quantitative estimate of drug-likeness (QED) is 0.542. The molecule has 2 heterocycles. The van der Waals surface area contributed by atoms with Crippen LogP contribution in [0.4, 0.5) is 17.5 Å². The van der Waals surface area contributed by atoms with Crippen molar-refractivity contribution in [2.75, 3.05) is 10.6 Å². The van der Waals surface area contributed by atoms with Crippen molar-refractivity contribution in [1.82, 2.24) is 24.7 Å². The van der Waals surface area contributed by atoms with Gasteiger partial charge in [0.2, 0.25) is 5.95 Å². The number of hydrogen-bond donors (Lipinski definition) is 2. The summed E-state index contributed by atoms with van der Waals surface area (Å²) in [5.74, 6) is 3.65. The molecule has 2 atom stereocenters. The number of rotatable bonds is 6. The third-order valence-electron chi connectivity index (χ3n) is 7.62. The largest absolute Gasteiger partial charge is 0.365 e. The van der Waals surface area contributed by atoms with Gasteiger partial charge >= 0.3 is 0 Å². The third kappa shape index (κ3) is 3.83. The Labute approximate surface area is 193 Å². The fraction of sp³-hybridized carbons (Fsp3) is 0.500. The summed E-state index contributed by atoms with van der Waals surface area (Å²) in [6.07, 6.45) is 11.7.